The first-order chi connectivity index (χ1) is 31.1. The number of nitrogens with one attached hydrogen (secondary N) is 9. The summed E-state index contributed by atoms with van der Waals surface area (Å²) in [4.78, 5) is 128. The van der Waals surface area contributed by atoms with E-state index in [9.17, 15) is 53.4 Å². The van der Waals surface area contributed by atoms with Crippen molar-refractivity contribution in [1.82, 2.24) is 52.5 Å². The number of carboxylic acids is 1. The molecule has 66 heavy (non-hydrogen) atoms. The van der Waals surface area contributed by atoms with Gasteiger partial charge in [-0.15, -0.1) is 0 Å². The monoisotopic (exact) mass is 973 g/mol. The molecule has 1 aromatic rings. The highest BCUT2D eigenvalue weighted by molar-refractivity contribution is 7.80. The largest absolute Gasteiger partial charge is 0.480 e. The van der Waals surface area contributed by atoms with Crippen LogP contribution in [0.5, 0.6) is 0 Å². The predicted molar refractivity (Wildman–Crippen MR) is 247 cm³/mol. The molecular weight excluding hydrogens is 907 g/mol. The minimum atomic E-state index is -1.67. The van der Waals surface area contributed by atoms with Crippen molar-refractivity contribution in [2.24, 2.45) is 33.8 Å². The van der Waals surface area contributed by atoms with Crippen LogP contribution in [-0.4, -0.2) is 165 Å². The summed E-state index contributed by atoms with van der Waals surface area (Å²) in [5.41, 5.74) is 22.6. The third-order valence-corrected chi connectivity index (χ3v) is 10.4. The molecule has 0 radical (unpaired) electrons. The molecule has 26 nitrogen and oxygen atoms in total. The first-order valence-corrected chi connectivity index (χ1v) is 22.3. The van der Waals surface area contributed by atoms with Gasteiger partial charge < -0.3 is 80.7 Å². The predicted octanol–water partition coefficient (Wildman–Crippen LogP) is -6.03. The zero-order valence-electron chi connectivity index (χ0n) is 37.4. The number of carbonyl (C=O) groups is 9. The van der Waals surface area contributed by atoms with Gasteiger partial charge in [0.05, 0.1) is 25.0 Å². The van der Waals surface area contributed by atoms with Gasteiger partial charge in [0.25, 0.3) is 0 Å². The molecule has 9 atom stereocenters. The summed E-state index contributed by atoms with van der Waals surface area (Å²) in [5, 5.41) is 39.5. The van der Waals surface area contributed by atoms with Gasteiger partial charge in [0.2, 0.25) is 47.3 Å². The van der Waals surface area contributed by atoms with Crippen molar-refractivity contribution in [2.75, 3.05) is 31.1 Å². The molecule has 8 amide bonds. The Morgan fingerprint density at radius 3 is 1.83 bits per heavy atom. The molecule has 0 spiro atoms. The number of aliphatic carboxylic acids is 1. The molecule has 1 aromatic heterocycles. The second-order valence-corrected chi connectivity index (χ2v) is 16.3. The van der Waals surface area contributed by atoms with Crippen molar-refractivity contribution in [3.05, 3.63) is 18.2 Å². The summed E-state index contributed by atoms with van der Waals surface area (Å²) in [6.07, 6.45) is 2.06. The maximum Gasteiger partial charge on any atom is 0.327 e. The number of imidazole rings is 1. The zero-order valence-corrected chi connectivity index (χ0v) is 39.2. The zero-order chi connectivity index (χ0) is 50.1. The number of carbonyl (C=O) groups excluding carboxylic acids is 8. The normalized spacial score (nSPS) is 15.1. The van der Waals surface area contributed by atoms with Crippen molar-refractivity contribution >= 4 is 84.4 Å². The summed E-state index contributed by atoms with van der Waals surface area (Å²) in [7, 11) is 0. The van der Waals surface area contributed by atoms with Crippen molar-refractivity contribution in [1.29, 1.82) is 0 Å². The topological polar surface area (TPSA) is 435 Å². The van der Waals surface area contributed by atoms with E-state index < -0.39 is 120 Å². The lowest BCUT2D eigenvalue weighted by atomic mass is 10.0. The van der Waals surface area contributed by atoms with Crippen LogP contribution in [0.4, 0.5) is 0 Å². The van der Waals surface area contributed by atoms with E-state index >= 15 is 0 Å². The number of nitrogens with zero attached hydrogens (tertiary/aromatic N) is 2. The van der Waals surface area contributed by atoms with Gasteiger partial charge in [0, 0.05) is 36.4 Å². The molecule has 372 valence electrons. The minimum absolute atomic E-state index is 0.00604. The van der Waals surface area contributed by atoms with Crippen molar-refractivity contribution < 1.29 is 53.4 Å². The van der Waals surface area contributed by atoms with Crippen molar-refractivity contribution in [3.63, 3.8) is 0 Å². The molecule has 0 aliphatic heterocycles. The van der Waals surface area contributed by atoms with Gasteiger partial charge in [-0.1, -0.05) is 13.8 Å². The van der Waals surface area contributed by atoms with Crippen molar-refractivity contribution in [3.8, 4) is 0 Å². The molecular formula is C38H67N15O11S2. The number of aliphatic hydroxyl groups is 1. The Labute approximate surface area is 393 Å². The number of hydrogen-bond acceptors (Lipinski definition) is 16. The SMILES string of the molecule is CC(C)[C@H](NC(=O)[C@H](CCCN=C(N)N)NC(=O)[C@H](C)NC(=O)[C@@H](N)CS)C(=O)N[C@@H](CCCCN)C(=O)NCC(=O)N[C@H](C(=O)N[C@@H](Cc1cnc[nH]1)C(=O)N[C@@H](CS)C(=O)O)[C@@H](C)O. The number of H-pyrrole nitrogens is 1. The fourth-order valence-corrected chi connectivity index (χ4v) is 6.23. The average molecular weight is 974 g/mol. The standard InChI is InChI=1S/C38H67N15O11S2/c1-18(2)28(53-33(59)24(9-7-11-44-38(41)42)48-30(56)19(3)47-31(57)22(40)15-65)35(61)49-23(8-5-6-10-39)32(58)45-14-27(55)52-29(20(4)54)36(62)50-25(12-21-13-43-17-46-21)34(60)51-26(16-66)37(63)64/h13,17-20,22-26,28-29,54,65-66H,5-12,14-16,39-40H2,1-4H3,(H,43,46)(H,45,58)(H,47,57)(H,48,56)(H,49,61)(H,50,62)(H,51,60)(H,52,55)(H,53,59)(H,63,64)(H4,41,42,44)/t19-,20+,22-,23-,24-,25-,26-,28-,29-/m0/s1. The average Bonchev–Trinajstić information content (AvgIpc) is 3.78. The minimum Gasteiger partial charge on any atom is -0.480 e. The van der Waals surface area contributed by atoms with Gasteiger partial charge in [0.15, 0.2) is 5.96 Å². The number of aliphatic hydroxyl groups excluding tert-OH is 1. The van der Waals surface area contributed by atoms with Crippen LogP contribution in [0.2, 0.25) is 0 Å². The Kier molecular flexibility index (Phi) is 26.9. The number of thiol groups is 2. The molecule has 1 heterocycles. The molecule has 19 N–H and O–H groups in total. The van der Waals surface area contributed by atoms with Crippen LogP contribution >= 0.6 is 25.3 Å². The third-order valence-electron chi connectivity index (χ3n) is 9.60. The first kappa shape index (κ1) is 58.3. The molecule has 0 fully saturated rings. The number of guanidine groups is 1. The Hall–Kier alpha value is -5.71. The summed E-state index contributed by atoms with van der Waals surface area (Å²) in [6, 6.07) is -10.3. The van der Waals surface area contributed by atoms with Crippen LogP contribution in [0, 0.1) is 5.92 Å². The Balaban J connectivity index is 3.17. The fourth-order valence-electron chi connectivity index (χ4n) is 5.81. The smallest absolute Gasteiger partial charge is 0.327 e. The van der Waals surface area contributed by atoms with Gasteiger partial charge in [-0.25, -0.2) is 9.78 Å². The van der Waals surface area contributed by atoms with Gasteiger partial charge >= 0.3 is 5.97 Å². The van der Waals surface area contributed by atoms with Gasteiger partial charge in [-0.3, -0.25) is 43.3 Å². The van der Waals surface area contributed by atoms with Crippen molar-refractivity contribution in [2.45, 2.75) is 121 Å². The summed E-state index contributed by atoms with van der Waals surface area (Å²) < 4.78 is 0. The number of aliphatic imine (C=N–C) groups is 1. The fraction of sp³-hybridized carbons (Fsp3) is 0.658. The van der Waals surface area contributed by atoms with E-state index in [1.165, 1.54) is 26.4 Å². The van der Waals surface area contributed by atoms with Gasteiger partial charge in [0.1, 0.15) is 42.3 Å². The Morgan fingerprint density at radius 1 is 0.712 bits per heavy atom. The highest BCUT2D eigenvalue weighted by Crippen LogP contribution is 2.09. The highest BCUT2D eigenvalue weighted by Gasteiger charge is 2.34. The van der Waals surface area contributed by atoms with Gasteiger partial charge in [-0.05, 0) is 58.4 Å². The second kappa shape index (κ2) is 30.5. The van der Waals surface area contributed by atoms with Crippen LogP contribution in [0.15, 0.2) is 17.5 Å². The molecule has 0 saturated heterocycles. The number of amides is 8. The van der Waals surface area contributed by atoms with Crippen LogP contribution in [0.1, 0.15) is 65.5 Å². The Bertz CT molecular complexity index is 1800. The van der Waals surface area contributed by atoms with Crippen LogP contribution in [-0.2, 0) is 49.6 Å². The van der Waals surface area contributed by atoms with Gasteiger partial charge in [-0.2, -0.15) is 25.3 Å². The van der Waals surface area contributed by atoms with Crippen LogP contribution < -0.4 is 65.5 Å². The molecule has 0 bridgehead atoms. The number of unbranched alkanes of at least 4 members (excludes halogenated alkanes) is 1. The molecule has 0 unspecified atom stereocenters. The number of aromatic nitrogens is 2. The first-order valence-electron chi connectivity index (χ1n) is 21.1. The number of hydrogen-bond donors (Lipinski definition) is 17. The summed E-state index contributed by atoms with van der Waals surface area (Å²) >= 11 is 7.91. The number of carboxylic acid groups (broad SMARTS) is 1. The van der Waals surface area contributed by atoms with E-state index in [4.69, 9.17) is 22.9 Å². The molecule has 0 saturated carbocycles. The number of rotatable bonds is 31. The highest BCUT2D eigenvalue weighted by atomic mass is 32.1. The van der Waals surface area contributed by atoms with Crippen LogP contribution in [0.3, 0.4) is 0 Å². The van der Waals surface area contributed by atoms with E-state index in [0.717, 1.165) is 0 Å². The molecule has 0 aliphatic carbocycles. The molecule has 0 aromatic carbocycles. The third kappa shape index (κ3) is 21.5. The molecule has 1 rings (SSSR count). The van der Waals surface area contributed by atoms with E-state index in [1.54, 1.807) is 13.8 Å². The van der Waals surface area contributed by atoms with Crippen LogP contribution in [0.25, 0.3) is 0 Å². The summed E-state index contributed by atoms with van der Waals surface area (Å²) in [5.74, 6) is -9.03. The lowest BCUT2D eigenvalue weighted by molar-refractivity contribution is -0.141. The molecule has 0 aliphatic rings. The number of nitrogens with two attached hydrogens (primary N) is 4. The quantitative estimate of drug-likeness (QED) is 0.0143. The Morgan fingerprint density at radius 2 is 1.29 bits per heavy atom. The van der Waals surface area contributed by atoms with E-state index in [2.05, 4.69) is 82.8 Å². The maximum absolute atomic E-state index is 13.8. The molecule has 28 heteroatoms. The maximum atomic E-state index is 13.8. The second-order valence-electron chi connectivity index (χ2n) is 15.5. The summed E-state index contributed by atoms with van der Waals surface area (Å²) in [6.45, 7) is 5.44. The van der Waals surface area contributed by atoms with E-state index in [0.29, 0.717) is 18.5 Å². The lowest BCUT2D eigenvalue weighted by Gasteiger charge is -2.28. The van der Waals surface area contributed by atoms with E-state index in [1.807, 2.05) is 0 Å². The van der Waals surface area contributed by atoms with E-state index in [-0.39, 0.29) is 56.2 Å². The number of aromatic amines is 1. The lowest BCUT2D eigenvalue weighted by Crippen LogP contribution is -2.60.